The molecule has 0 saturated heterocycles. The van der Waals surface area contributed by atoms with Crippen LogP contribution in [0.25, 0.3) is 0 Å². The standard InChI is InChI=1S/C16H21NO3S/c1-11(2)17(10-18)13-7-6-12(8-9-16(3,4)5)21-14(13)15(19)20/h6,10-11H,7H2,1-5H3,(H,19,20). The lowest BCUT2D eigenvalue weighted by Gasteiger charge is -2.27. The van der Waals surface area contributed by atoms with E-state index in [-0.39, 0.29) is 16.4 Å². The lowest BCUT2D eigenvalue weighted by atomic mass is 9.98. The van der Waals surface area contributed by atoms with E-state index in [0.29, 0.717) is 18.5 Å². The van der Waals surface area contributed by atoms with Crippen molar-refractivity contribution in [2.24, 2.45) is 5.41 Å². The number of carbonyl (C=O) groups is 2. The van der Waals surface area contributed by atoms with Gasteiger partial charge in [0.1, 0.15) is 4.91 Å². The van der Waals surface area contributed by atoms with E-state index < -0.39 is 5.97 Å². The molecule has 21 heavy (non-hydrogen) atoms. The van der Waals surface area contributed by atoms with Gasteiger partial charge in [0.15, 0.2) is 0 Å². The molecule has 0 atom stereocenters. The van der Waals surface area contributed by atoms with Gasteiger partial charge in [0, 0.05) is 23.6 Å². The Bertz CT molecular complexity index is 556. The van der Waals surface area contributed by atoms with Gasteiger partial charge < -0.3 is 10.0 Å². The molecule has 0 saturated carbocycles. The van der Waals surface area contributed by atoms with E-state index >= 15 is 0 Å². The molecule has 0 aromatic rings. The van der Waals surface area contributed by atoms with Gasteiger partial charge in [-0.05, 0) is 34.6 Å². The molecule has 1 rings (SSSR count). The van der Waals surface area contributed by atoms with Crippen LogP contribution in [0.3, 0.4) is 0 Å². The fourth-order valence-electron chi connectivity index (χ4n) is 1.71. The predicted molar refractivity (Wildman–Crippen MR) is 85.2 cm³/mol. The number of carbonyl (C=O) groups excluding carboxylic acids is 1. The topological polar surface area (TPSA) is 57.6 Å². The molecule has 0 fully saturated rings. The van der Waals surface area contributed by atoms with Gasteiger partial charge in [-0.15, -0.1) is 0 Å². The molecular weight excluding hydrogens is 286 g/mol. The van der Waals surface area contributed by atoms with Crippen LogP contribution in [0.5, 0.6) is 0 Å². The molecule has 1 heterocycles. The first-order chi connectivity index (χ1) is 9.65. The van der Waals surface area contributed by atoms with Gasteiger partial charge >= 0.3 is 5.97 Å². The monoisotopic (exact) mass is 307 g/mol. The smallest absolute Gasteiger partial charge is 0.344 e. The Morgan fingerprint density at radius 1 is 1.48 bits per heavy atom. The number of carboxylic acids is 1. The summed E-state index contributed by atoms with van der Waals surface area (Å²) in [5.41, 5.74) is 0.389. The van der Waals surface area contributed by atoms with Crippen LogP contribution >= 0.6 is 11.8 Å². The zero-order valence-corrected chi connectivity index (χ0v) is 13.9. The largest absolute Gasteiger partial charge is 0.477 e. The number of thioether (sulfide) groups is 1. The average molecular weight is 307 g/mol. The van der Waals surface area contributed by atoms with Crippen LogP contribution in [-0.4, -0.2) is 28.4 Å². The second kappa shape index (κ2) is 6.86. The molecule has 5 heteroatoms. The molecular formula is C16H21NO3S. The van der Waals surface area contributed by atoms with Crippen molar-refractivity contribution in [2.75, 3.05) is 0 Å². The normalized spacial score (nSPS) is 15.2. The third kappa shape index (κ3) is 4.98. The summed E-state index contributed by atoms with van der Waals surface area (Å²) in [5, 5.41) is 9.38. The van der Waals surface area contributed by atoms with Crippen molar-refractivity contribution < 1.29 is 14.7 Å². The molecule has 1 aliphatic heterocycles. The molecule has 1 aliphatic rings. The van der Waals surface area contributed by atoms with Gasteiger partial charge in [0.05, 0.1) is 4.91 Å². The fraction of sp³-hybridized carbons (Fsp3) is 0.500. The van der Waals surface area contributed by atoms with E-state index in [1.54, 1.807) is 0 Å². The minimum atomic E-state index is -1.02. The average Bonchev–Trinajstić information content (AvgIpc) is 2.36. The third-order valence-electron chi connectivity index (χ3n) is 2.69. The predicted octanol–water partition coefficient (Wildman–Crippen LogP) is 3.22. The number of nitrogens with zero attached hydrogens (tertiary/aromatic N) is 1. The molecule has 0 spiro atoms. The van der Waals surface area contributed by atoms with E-state index in [1.807, 2.05) is 40.7 Å². The zero-order chi connectivity index (χ0) is 16.2. The number of hydrogen-bond donors (Lipinski definition) is 1. The molecule has 0 bridgehead atoms. The Morgan fingerprint density at radius 2 is 2.10 bits per heavy atom. The number of aliphatic carboxylic acids is 1. The van der Waals surface area contributed by atoms with Crippen LogP contribution in [0.4, 0.5) is 0 Å². The van der Waals surface area contributed by atoms with E-state index in [1.165, 1.54) is 4.90 Å². The SMILES string of the molecule is CC(C)N(C=O)C1=C(C(=O)O)SC(C#CC(C)(C)C)=CC1. The number of rotatable bonds is 4. The van der Waals surface area contributed by atoms with Gasteiger partial charge in [-0.3, -0.25) is 4.79 Å². The van der Waals surface area contributed by atoms with Crippen molar-refractivity contribution in [1.29, 1.82) is 0 Å². The minimum Gasteiger partial charge on any atom is -0.477 e. The van der Waals surface area contributed by atoms with E-state index in [9.17, 15) is 14.7 Å². The number of allylic oxidation sites excluding steroid dienone is 2. The first-order valence-electron chi connectivity index (χ1n) is 6.77. The van der Waals surface area contributed by atoms with Crippen molar-refractivity contribution >= 4 is 24.1 Å². The van der Waals surface area contributed by atoms with Gasteiger partial charge in [-0.25, -0.2) is 4.79 Å². The highest BCUT2D eigenvalue weighted by Crippen LogP contribution is 2.36. The maximum atomic E-state index is 11.5. The highest BCUT2D eigenvalue weighted by molar-refractivity contribution is 8.07. The molecule has 0 aliphatic carbocycles. The summed E-state index contributed by atoms with van der Waals surface area (Å²) < 4.78 is 0. The summed E-state index contributed by atoms with van der Waals surface area (Å²) in [7, 11) is 0. The van der Waals surface area contributed by atoms with Crippen LogP contribution in [0.2, 0.25) is 0 Å². The van der Waals surface area contributed by atoms with Gasteiger partial charge in [-0.2, -0.15) is 0 Å². The van der Waals surface area contributed by atoms with Crippen molar-refractivity contribution in [3.05, 3.63) is 21.6 Å². The number of amides is 1. The zero-order valence-electron chi connectivity index (χ0n) is 13.1. The van der Waals surface area contributed by atoms with E-state index in [4.69, 9.17) is 0 Å². The van der Waals surface area contributed by atoms with Crippen molar-refractivity contribution in [1.82, 2.24) is 4.90 Å². The minimum absolute atomic E-state index is 0.0805. The van der Waals surface area contributed by atoms with Crippen LogP contribution in [-0.2, 0) is 9.59 Å². The number of hydrogen-bond acceptors (Lipinski definition) is 3. The van der Waals surface area contributed by atoms with E-state index in [2.05, 4.69) is 11.8 Å². The summed E-state index contributed by atoms with van der Waals surface area (Å²) in [4.78, 5) is 25.0. The highest BCUT2D eigenvalue weighted by atomic mass is 32.2. The molecule has 0 aromatic heterocycles. The summed E-state index contributed by atoms with van der Waals surface area (Å²) in [5.74, 6) is 5.09. The van der Waals surface area contributed by atoms with Crippen molar-refractivity contribution in [3.8, 4) is 11.8 Å². The molecule has 4 nitrogen and oxygen atoms in total. The quantitative estimate of drug-likeness (QED) is 0.640. The van der Waals surface area contributed by atoms with Gasteiger partial charge in [-0.1, -0.05) is 29.7 Å². The van der Waals surface area contributed by atoms with Crippen molar-refractivity contribution in [2.45, 2.75) is 47.1 Å². The van der Waals surface area contributed by atoms with Crippen molar-refractivity contribution in [3.63, 3.8) is 0 Å². The highest BCUT2D eigenvalue weighted by Gasteiger charge is 2.25. The summed E-state index contributed by atoms with van der Waals surface area (Å²) >= 11 is 1.12. The Kier molecular flexibility index (Phi) is 5.68. The van der Waals surface area contributed by atoms with Gasteiger partial charge in [0.2, 0.25) is 6.41 Å². The second-order valence-electron chi connectivity index (χ2n) is 6.06. The lowest BCUT2D eigenvalue weighted by Crippen LogP contribution is -2.31. The molecule has 114 valence electrons. The first kappa shape index (κ1) is 17.4. The van der Waals surface area contributed by atoms with Crippen LogP contribution in [0.1, 0.15) is 41.0 Å². The molecule has 0 radical (unpaired) electrons. The Morgan fingerprint density at radius 3 is 2.52 bits per heavy atom. The molecule has 1 amide bonds. The fourth-order valence-corrected chi connectivity index (χ4v) is 2.59. The van der Waals surface area contributed by atoms with Crippen LogP contribution in [0, 0.1) is 17.3 Å². The molecule has 0 unspecified atom stereocenters. The lowest BCUT2D eigenvalue weighted by molar-refractivity contribution is -0.131. The second-order valence-corrected chi connectivity index (χ2v) is 7.11. The Hall–Kier alpha value is -1.67. The summed E-state index contributed by atoms with van der Waals surface area (Å²) in [6, 6.07) is -0.0805. The Labute approximate surface area is 130 Å². The van der Waals surface area contributed by atoms with Gasteiger partial charge in [0.25, 0.3) is 0 Å². The van der Waals surface area contributed by atoms with E-state index in [0.717, 1.165) is 16.7 Å². The van der Waals surface area contributed by atoms with Crippen LogP contribution in [0.15, 0.2) is 21.6 Å². The Balaban J connectivity index is 3.09. The number of carboxylic acid groups (broad SMARTS) is 1. The maximum absolute atomic E-state index is 11.5. The third-order valence-corrected chi connectivity index (χ3v) is 3.79. The summed E-state index contributed by atoms with van der Waals surface area (Å²) in [6.07, 6.45) is 2.97. The maximum Gasteiger partial charge on any atom is 0.344 e. The first-order valence-corrected chi connectivity index (χ1v) is 7.58. The van der Waals surface area contributed by atoms with Crippen LogP contribution < -0.4 is 0 Å². The molecule has 0 aromatic carbocycles. The summed E-state index contributed by atoms with van der Waals surface area (Å²) in [6.45, 7) is 9.70. The molecule has 1 N–H and O–H groups in total.